The molecule has 1 aliphatic carbocycles. The second kappa shape index (κ2) is 4.58. The number of anilines is 1. The maximum atomic E-state index is 12.2. The molecule has 1 fully saturated rings. The summed E-state index contributed by atoms with van der Waals surface area (Å²) in [5, 5.41) is 0.139. The van der Waals surface area contributed by atoms with Gasteiger partial charge in [-0.15, -0.1) is 0 Å². The molecule has 0 atom stereocenters. The number of hydrogen-bond acceptors (Lipinski definition) is 4. The number of halogens is 1. The molecule has 1 saturated carbocycles. The SMILES string of the molecule is CC1(C)C(CNS(=O)(=O)c2cnc(N)c(Cl)c2)C1(C)C. The normalized spacial score (nSPS) is 20.9. The molecular formula is C13H20ClN3O2S. The molecule has 0 bridgehead atoms. The van der Waals surface area contributed by atoms with Gasteiger partial charge in [0.15, 0.2) is 0 Å². The largest absolute Gasteiger partial charge is 0.382 e. The van der Waals surface area contributed by atoms with E-state index in [2.05, 4.69) is 37.4 Å². The molecule has 2 rings (SSSR count). The van der Waals surface area contributed by atoms with Crippen LogP contribution in [-0.4, -0.2) is 19.9 Å². The van der Waals surface area contributed by atoms with Crippen molar-refractivity contribution in [3.05, 3.63) is 17.3 Å². The first-order valence-corrected chi connectivity index (χ1v) is 8.27. The van der Waals surface area contributed by atoms with Gasteiger partial charge >= 0.3 is 0 Å². The highest BCUT2D eigenvalue weighted by Crippen LogP contribution is 2.67. The zero-order valence-corrected chi connectivity index (χ0v) is 13.6. The number of hydrogen-bond donors (Lipinski definition) is 2. The number of rotatable bonds is 4. The van der Waals surface area contributed by atoms with Crippen LogP contribution in [-0.2, 0) is 10.0 Å². The summed E-state index contributed by atoms with van der Waals surface area (Å²) >= 11 is 5.81. The van der Waals surface area contributed by atoms with E-state index in [9.17, 15) is 8.42 Å². The van der Waals surface area contributed by atoms with Crippen molar-refractivity contribution < 1.29 is 8.42 Å². The molecule has 3 N–H and O–H groups in total. The Morgan fingerprint density at radius 3 is 2.35 bits per heavy atom. The number of aromatic nitrogens is 1. The third-order valence-electron chi connectivity index (χ3n) is 4.95. The standard InChI is InChI=1S/C13H20ClN3O2S/c1-12(2)10(13(12,3)4)7-17-20(18,19)8-5-9(14)11(15)16-6-8/h5-6,10,17H,7H2,1-4H3,(H2,15,16). The summed E-state index contributed by atoms with van der Waals surface area (Å²) in [7, 11) is -3.61. The van der Waals surface area contributed by atoms with E-state index < -0.39 is 10.0 Å². The molecule has 0 saturated heterocycles. The number of nitrogens with one attached hydrogen (secondary N) is 1. The van der Waals surface area contributed by atoms with Gasteiger partial charge in [-0.25, -0.2) is 18.1 Å². The highest BCUT2D eigenvalue weighted by molar-refractivity contribution is 7.89. The van der Waals surface area contributed by atoms with Crippen LogP contribution in [0.5, 0.6) is 0 Å². The van der Waals surface area contributed by atoms with Gasteiger partial charge in [-0.05, 0) is 22.8 Å². The van der Waals surface area contributed by atoms with Gasteiger partial charge in [-0.1, -0.05) is 39.3 Å². The fourth-order valence-electron chi connectivity index (χ4n) is 2.70. The first-order chi connectivity index (χ1) is 9.00. The quantitative estimate of drug-likeness (QED) is 0.892. The minimum atomic E-state index is -3.61. The van der Waals surface area contributed by atoms with Gasteiger partial charge in [-0.3, -0.25) is 0 Å². The van der Waals surface area contributed by atoms with Gasteiger partial charge in [0.05, 0.1) is 5.02 Å². The predicted octanol–water partition coefficient (Wildman–Crippen LogP) is 2.28. The van der Waals surface area contributed by atoms with Crippen molar-refractivity contribution in [3.8, 4) is 0 Å². The van der Waals surface area contributed by atoms with E-state index in [0.29, 0.717) is 12.5 Å². The van der Waals surface area contributed by atoms with Crippen molar-refractivity contribution in [2.45, 2.75) is 32.6 Å². The van der Waals surface area contributed by atoms with Gasteiger partial charge in [0.1, 0.15) is 10.7 Å². The van der Waals surface area contributed by atoms with Crippen molar-refractivity contribution in [2.75, 3.05) is 12.3 Å². The van der Waals surface area contributed by atoms with E-state index in [1.54, 1.807) is 0 Å². The Bertz CT molecular complexity index is 627. The van der Waals surface area contributed by atoms with Crippen LogP contribution in [0, 0.1) is 16.7 Å². The molecule has 0 aliphatic heterocycles. The Morgan fingerprint density at radius 2 is 1.90 bits per heavy atom. The number of nitrogens with two attached hydrogens (primary N) is 1. The fourth-order valence-corrected chi connectivity index (χ4v) is 3.95. The monoisotopic (exact) mass is 317 g/mol. The van der Waals surface area contributed by atoms with E-state index in [1.807, 2.05) is 0 Å². The second-order valence-corrected chi connectivity index (χ2v) is 8.56. The van der Waals surface area contributed by atoms with Crippen LogP contribution in [0.15, 0.2) is 17.2 Å². The summed E-state index contributed by atoms with van der Waals surface area (Å²) in [4.78, 5) is 3.81. The van der Waals surface area contributed by atoms with Gasteiger partial charge < -0.3 is 5.73 Å². The Balaban J connectivity index is 2.11. The molecule has 1 aliphatic rings. The third-order valence-corrected chi connectivity index (χ3v) is 6.65. The summed E-state index contributed by atoms with van der Waals surface area (Å²) in [6.07, 6.45) is 1.22. The van der Waals surface area contributed by atoms with E-state index in [-0.39, 0.29) is 26.6 Å². The molecule has 1 aromatic heterocycles. The maximum Gasteiger partial charge on any atom is 0.242 e. The molecular weight excluding hydrogens is 298 g/mol. The summed E-state index contributed by atoms with van der Waals surface area (Å²) in [6.45, 7) is 8.99. The smallest absolute Gasteiger partial charge is 0.242 e. The van der Waals surface area contributed by atoms with E-state index in [1.165, 1.54) is 12.3 Å². The van der Waals surface area contributed by atoms with Gasteiger partial charge in [-0.2, -0.15) is 0 Å². The van der Waals surface area contributed by atoms with Crippen molar-refractivity contribution in [2.24, 2.45) is 16.7 Å². The van der Waals surface area contributed by atoms with Crippen LogP contribution in [0.3, 0.4) is 0 Å². The predicted molar refractivity (Wildman–Crippen MR) is 79.9 cm³/mol. The van der Waals surface area contributed by atoms with E-state index >= 15 is 0 Å². The topological polar surface area (TPSA) is 85.1 Å². The lowest BCUT2D eigenvalue weighted by atomic mass is 10.0. The molecule has 1 heterocycles. The van der Waals surface area contributed by atoms with Crippen molar-refractivity contribution >= 4 is 27.4 Å². The van der Waals surface area contributed by atoms with Crippen LogP contribution in [0.1, 0.15) is 27.7 Å². The minimum Gasteiger partial charge on any atom is -0.382 e. The average Bonchev–Trinajstić information content (AvgIpc) is 2.70. The molecule has 0 amide bonds. The summed E-state index contributed by atoms with van der Waals surface area (Å²) in [5.41, 5.74) is 5.74. The number of nitrogens with zero attached hydrogens (tertiary/aromatic N) is 1. The Labute approximate surface area is 125 Å². The zero-order valence-electron chi connectivity index (χ0n) is 12.1. The molecule has 0 aromatic carbocycles. The third kappa shape index (κ3) is 2.40. The lowest BCUT2D eigenvalue weighted by Crippen LogP contribution is -2.27. The Morgan fingerprint density at radius 1 is 1.35 bits per heavy atom. The van der Waals surface area contributed by atoms with Gasteiger partial charge in [0.2, 0.25) is 10.0 Å². The van der Waals surface area contributed by atoms with Crippen LogP contribution < -0.4 is 10.5 Å². The van der Waals surface area contributed by atoms with Gasteiger partial charge in [0, 0.05) is 12.7 Å². The summed E-state index contributed by atoms with van der Waals surface area (Å²) < 4.78 is 27.0. The Hall–Kier alpha value is -0.850. The number of nitrogen functional groups attached to an aromatic ring is 1. The lowest BCUT2D eigenvalue weighted by Gasteiger charge is -2.08. The Kier molecular flexibility index (Phi) is 3.56. The van der Waals surface area contributed by atoms with Crippen LogP contribution in [0.25, 0.3) is 0 Å². The van der Waals surface area contributed by atoms with Crippen molar-refractivity contribution in [1.29, 1.82) is 0 Å². The first kappa shape index (κ1) is 15.5. The van der Waals surface area contributed by atoms with Crippen LogP contribution in [0.4, 0.5) is 5.82 Å². The van der Waals surface area contributed by atoms with E-state index in [0.717, 1.165) is 0 Å². The van der Waals surface area contributed by atoms with Crippen molar-refractivity contribution in [3.63, 3.8) is 0 Å². The second-order valence-electron chi connectivity index (χ2n) is 6.39. The fraction of sp³-hybridized carbons (Fsp3) is 0.615. The average molecular weight is 318 g/mol. The summed E-state index contributed by atoms with van der Waals surface area (Å²) in [6, 6.07) is 1.31. The number of pyridine rings is 1. The van der Waals surface area contributed by atoms with Crippen molar-refractivity contribution in [1.82, 2.24) is 9.71 Å². The lowest BCUT2D eigenvalue weighted by molar-refractivity contribution is 0.457. The van der Waals surface area contributed by atoms with E-state index in [4.69, 9.17) is 17.3 Å². The molecule has 5 nitrogen and oxygen atoms in total. The molecule has 20 heavy (non-hydrogen) atoms. The molecule has 0 unspecified atom stereocenters. The molecule has 7 heteroatoms. The molecule has 1 aromatic rings. The van der Waals surface area contributed by atoms with Gasteiger partial charge in [0.25, 0.3) is 0 Å². The number of sulfonamides is 1. The highest BCUT2D eigenvalue weighted by atomic mass is 35.5. The minimum absolute atomic E-state index is 0.0352. The van der Waals surface area contributed by atoms with Crippen LogP contribution >= 0.6 is 11.6 Å². The highest BCUT2D eigenvalue weighted by Gasteiger charge is 2.64. The molecule has 0 spiro atoms. The first-order valence-electron chi connectivity index (χ1n) is 6.41. The molecule has 112 valence electrons. The zero-order chi connectivity index (χ0) is 15.3. The maximum absolute atomic E-state index is 12.2. The molecule has 0 radical (unpaired) electrons. The summed E-state index contributed by atoms with van der Waals surface area (Å²) in [5.74, 6) is 0.428. The van der Waals surface area contributed by atoms with Crippen LogP contribution in [0.2, 0.25) is 5.02 Å².